The number of aromatic nitrogens is 1. The van der Waals surface area contributed by atoms with Gasteiger partial charge in [-0.05, 0) is 62.4 Å². The molecule has 1 fully saturated rings. The molecule has 2 atom stereocenters. The standard InChI is InChI=1S/C29H37N5O6S/c30-15-7-6-12-25(29(37)38)32-28(36)26(18-21-19-31-24-11-5-4-10-23(21)24)33-27(35)20-13-16-34(17-14-20)41(39,40)22-8-2-1-3-9-22/h1-5,8-11,19-20,25-26,31H,6-7,12-18,30H2,(H,32,36)(H,33,35)(H,37,38). The number of hydrogen-bond donors (Lipinski definition) is 5. The van der Waals surface area contributed by atoms with Crippen molar-refractivity contribution >= 4 is 38.7 Å². The zero-order valence-electron chi connectivity index (χ0n) is 22.8. The van der Waals surface area contributed by atoms with Crippen molar-refractivity contribution in [1.82, 2.24) is 19.9 Å². The van der Waals surface area contributed by atoms with Gasteiger partial charge in [-0.25, -0.2) is 13.2 Å². The van der Waals surface area contributed by atoms with Crippen molar-refractivity contribution < 1.29 is 27.9 Å². The van der Waals surface area contributed by atoms with E-state index in [0.717, 1.165) is 16.5 Å². The predicted octanol–water partition coefficient (Wildman–Crippen LogP) is 1.99. The minimum absolute atomic E-state index is 0.151. The Bertz CT molecular complexity index is 1450. The Morgan fingerprint density at radius 1 is 0.976 bits per heavy atom. The second-order valence-corrected chi connectivity index (χ2v) is 12.2. The van der Waals surface area contributed by atoms with Gasteiger partial charge in [-0.15, -0.1) is 0 Å². The van der Waals surface area contributed by atoms with Crippen LogP contribution in [0.4, 0.5) is 0 Å². The number of nitrogens with zero attached hydrogens (tertiary/aromatic N) is 1. The van der Waals surface area contributed by atoms with E-state index in [1.165, 1.54) is 4.31 Å². The molecule has 2 amide bonds. The SMILES string of the molecule is NCCCCC(NC(=O)C(Cc1c[nH]c2ccccc12)NC(=O)C1CCN(S(=O)(=O)c2ccccc2)CC1)C(=O)O. The molecule has 1 aliphatic rings. The van der Waals surface area contributed by atoms with E-state index >= 15 is 0 Å². The highest BCUT2D eigenvalue weighted by Gasteiger charge is 2.34. The summed E-state index contributed by atoms with van der Waals surface area (Å²) in [5.41, 5.74) is 7.21. The Balaban J connectivity index is 1.46. The average molecular weight is 584 g/mol. The van der Waals surface area contributed by atoms with Gasteiger partial charge in [0.25, 0.3) is 0 Å². The second-order valence-electron chi connectivity index (χ2n) is 10.3. The fraction of sp³-hybridized carbons (Fsp3) is 0.414. The van der Waals surface area contributed by atoms with Crippen molar-refractivity contribution in [1.29, 1.82) is 0 Å². The molecule has 1 aliphatic heterocycles. The number of unbranched alkanes of at least 4 members (excludes halogenated alkanes) is 1. The number of nitrogens with one attached hydrogen (secondary N) is 3. The van der Waals surface area contributed by atoms with E-state index in [-0.39, 0.29) is 36.7 Å². The molecule has 3 aromatic rings. The number of carboxylic acid groups (broad SMARTS) is 1. The quantitative estimate of drug-likeness (QED) is 0.191. The highest BCUT2D eigenvalue weighted by molar-refractivity contribution is 7.89. The Labute approximate surface area is 239 Å². The lowest BCUT2D eigenvalue weighted by molar-refractivity contribution is -0.142. The first-order chi connectivity index (χ1) is 19.7. The van der Waals surface area contributed by atoms with Crippen LogP contribution < -0.4 is 16.4 Å². The lowest BCUT2D eigenvalue weighted by Crippen LogP contribution is -2.54. The second kappa shape index (κ2) is 13.7. The van der Waals surface area contributed by atoms with E-state index in [0.29, 0.717) is 32.2 Å². The number of sulfonamides is 1. The Hall–Kier alpha value is -3.74. The number of hydrogen-bond acceptors (Lipinski definition) is 6. The number of carbonyl (C=O) groups excluding carboxylic acids is 2. The van der Waals surface area contributed by atoms with Gasteiger partial charge in [0, 0.05) is 42.5 Å². The molecule has 1 aromatic heterocycles. The zero-order valence-corrected chi connectivity index (χ0v) is 23.6. The number of benzene rings is 2. The lowest BCUT2D eigenvalue weighted by Gasteiger charge is -2.31. The van der Waals surface area contributed by atoms with Crippen LogP contribution in [-0.2, 0) is 30.8 Å². The topological polar surface area (TPSA) is 175 Å². The van der Waals surface area contributed by atoms with Crippen LogP contribution in [0.3, 0.4) is 0 Å². The van der Waals surface area contributed by atoms with Crippen molar-refractivity contribution in [3.05, 3.63) is 66.4 Å². The van der Waals surface area contributed by atoms with Crippen molar-refractivity contribution in [2.75, 3.05) is 19.6 Å². The largest absolute Gasteiger partial charge is 0.480 e. The van der Waals surface area contributed by atoms with Gasteiger partial charge in [-0.3, -0.25) is 9.59 Å². The number of nitrogens with two attached hydrogens (primary N) is 1. The molecule has 4 rings (SSSR count). The molecule has 220 valence electrons. The van der Waals surface area contributed by atoms with Crippen molar-refractivity contribution in [2.24, 2.45) is 11.7 Å². The van der Waals surface area contributed by atoms with Crippen LogP contribution in [0.1, 0.15) is 37.7 Å². The summed E-state index contributed by atoms with van der Waals surface area (Å²) in [4.78, 5) is 42.0. The molecular formula is C29H37N5O6S. The van der Waals surface area contributed by atoms with E-state index < -0.39 is 39.9 Å². The van der Waals surface area contributed by atoms with Crippen LogP contribution in [0, 0.1) is 5.92 Å². The van der Waals surface area contributed by atoms with Gasteiger partial charge in [-0.1, -0.05) is 36.4 Å². The molecule has 0 bridgehead atoms. The van der Waals surface area contributed by atoms with Crippen LogP contribution in [0.5, 0.6) is 0 Å². The Kier molecular flexibility index (Phi) is 10.1. The van der Waals surface area contributed by atoms with Crippen molar-refractivity contribution in [2.45, 2.75) is 55.5 Å². The molecule has 0 radical (unpaired) electrons. The van der Waals surface area contributed by atoms with Crippen LogP contribution in [0.25, 0.3) is 10.9 Å². The molecule has 12 heteroatoms. The first kappa shape index (κ1) is 30.2. The third-order valence-electron chi connectivity index (χ3n) is 7.50. The minimum Gasteiger partial charge on any atom is -0.480 e. The Morgan fingerprint density at radius 3 is 2.34 bits per heavy atom. The number of fused-ring (bicyclic) bond motifs is 1. The summed E-state index contributed by atoms with van der Waals surface area (Å²) in [5, 5.41) is 16.0. The summed E-state index contributed by atoms with van der Waals surface area (Å²) in [6.45, 7) is 0.776. The summed E-state index contributed by atoms with van der Waals surface area (Å²) in [6.07, 6.45) is 3.93. The molecule has 2 unspecified atom stereocenters. The number of piperidine rings is 1. The fourth-order valence-electron chi connectivity index (χ4n) is 5.14. The number of aromatic amines is 1. The van der Waals surface area contributed by atoms with E-state index in [1.54, 1.807) is 36.5 Å². The molecule has 0 saturated carbocycles. The van der Waals surface area contributed by atoms with Crippen LogP contribution in [0.2, 0.25) is 0 Å². The van der Waals surface area contributed by atoms with Crippen LogP contribution in [-0.4, -0.2) is 72.3 Å². The van der Waals surface area contributed by atoms with Gasteiger partial charge in [0.15, 0.2) is 0 Å². The molecule has 0 spiro atoms. The Morgan fingerprint density at radius 2 is 1.66 bits per heavy atom. The maximum atomic E-state index is 13.4. The number of carboxylic acids is 1. The highest BCUT2D eigenvalue weighted by atomic mass is 32.2. The molecule has 2 aromatic carbocycles. The third-order valence-corrected chi connectivity index (χ3v) is 9.41. The summed E-state index contributed by atoms with van der Waals surface area (Å²) < 4.78 is 27.3. The summed E-state index contributed by atoms with van der Waals surface area (Å²) in [7, 11) is -3.66. The number of para-hydroxylation sites is 1. The molecule has 0 aliphatic carbocycles. The van der Waals surface area contributed by atoms with Crippen LogP contribution in [0.15, 0.2) is 65.7 Å². The average Bonchev–Trinajstić information content (AvgIpc) is 3.39. The predicted molar refractivity (Wildman–Crippen MR) is 154 cm³/mol. The summed E-state index contributed by atoms with van der Waals surface area (Å²) >= 11 is 0. The monoisotopic (exact) mass is 583 g/mol. The highest BCUT2D eigenvalue weighted by Crippen LogP contribution is 2.25. The number of carbonyl (C=O) groups is 3. The van der Waals surface area contributed by atoms with E-state index in [1.807, 2.05) is 24.3 Å². The van der Waals surface area contributed by atoms with Gasteiger partial charge in [0.2, 0.25) is 21.8 Å². The normalized spacial score (nSPS) is 16.2. The first-order valence-corrected chi connectivity index (χ1v) is 15.3. The summed E-state index contributed by atoms with van der Waals surface area (Å²) in [5.74, 6) is -2.60. The maximum absolute atomic E-state index is 13.4. The molecule has 2 heterocycles. The summed E-state index contributed by atoms with van der Waals surface area (Å²) in [6, 6.07) is 13.6. The van der Waals surface area contributed by atoms with E-state index in [4.69, 9.17) is 5.73 Å². The van der Waals surface area contributed by atoms with Gasteiger partial charge in [0.05, 0.1) is 4.90 Å². The number of H-pyrrole nitrogens is 1. The fourth-order valence-corrected chi connectivity index (χ4v) is 6.63. The molecule has 41 heavy (non-hydrogen) atoms. The molecule has 11 nitrogen and oxygen atoms in total. The van der Waals surface area contributed by atoms with Crippen LogP contribution >= 0.6 is 0 Å². The number of aliphatic carboxylic acids is 1. The number of amides is 2. The minimum atomic E-state index is -3.66. The first-order valence-electron chi connectivity index (χ1n) is 13.8. The van der Waals surface area contributed by atoms with Crippen molar-refractivity contribution in [3.8, 4) is 0 Å². The third kappa shape index (κ3) is 7.51. The smallest absolute Gasteiger partial charge is 0.326 e. The van der Waals surface area contributed by atoms with Gasteiger partial charge >= 0.3 is 5.97 Å². The molecule has 1 saturated heterocycles. The number of rotatable bonds is 13. The van der Waals surface area contributed by atoms with E-state index in [2.05, 4.69) is 15.6 Å². The lowest BCUT2D eigenvalue weighted by atomic mass is 9.96. The zero-order chi connectivity index (χ0) is 29.4. The molecule has 6 N–H and O–H groups in total. The maximum Gasteiger partial charge on any atom is 0.326 e. The van der Waals surface area contributed by atoms with Gasteiger partial charge < -0.3 is 26.5 Å². The molecular weight excluding hydrogens is 546 g/mol. The van der Waals surface area contributed by atoms with E-state index in [9.17, 15) is 27.9 Å². The van der Waals surface area contributed by atoms with Gasteiger partial charge in [0.1, 0.15) is 12.1 Å². The van der Waals surface area contributed by atoms with Gasteiger partial charge in [-0.2, -0.15) is 4.31 Å². The van der Waals surface area contributed by atoms with Crippen molar-refractivity contribution in [3.63, 3.8) is 0 Å².